The fourth-order valence-electron chi connectivity index (χ4n) is 4.47. The molecule has 0 saturated carbocycles. The average molecular weight is 570 g/mol. The van der Waals surface area contributed by atoms with Crippen LogP contribution in [0.15, 0.2) is 111 Å². The van der Waals surface area contributed by atoms with Gasteiger partial charge in [-0.05, 0) is 66.9 Å². The van der Waals surface area contributed by atoms with Gasteiger partial charge in [-0.25, -0.2) is 18.0 Å². The number of carbonyl (C=O) groups is 1. The molecule has 8 nitrogen and oxygen atoms in total. The Kier molecular flexibility index (Phi) is 7.74. The molecule has 1 atom stereocenters. The number of methoxy groups -OCH3 is 1. The third-order valence-corrected chi connectivity index (χ3v) is 8.13. The van der Waals surface area contributed by atoms with E-state index < -0.39 is 27.7 Å². The Morgan fingerprint density at radius 2 is 1.56 bits per heavy atom. The maximum atomic E-state index is 13.5. The van der Waals surface area contributed by atoms with Gasteiger partial charge in [0.2, 0.25) is 10.0 Å². The van der Waals surface area contributed by atoms with Crippen LogP contribution >= 0.6 is 0 Å². The van der Waals surface area contributed by atoms with Crippen molar-refractivity contribution >= 4 is 27.0 Å². The maximum absolute atomic E-state index is 13.5. The van der Waals surface area contributed by atoms with Gasteiger partial charge >= 0.3 is 11.6 Å². The summed E-state index contributed by atoms with van der Waals surface area (Å²) in [7, 11) is -2.50. The van der Waals surface area contributed by atoms with Crippen molar-refractivity contribution in [3.8, 4) is 22.6 Å². The molecule has 9 heteroatoms. The number of fused-ring (bicyclic) bond motifs is 1. The van der Waals surface area contributed by atoms with Crippen LogP contribution < -0.4 is 19.8 Å². The first-order chi connectivity index (χ1) is 19.7. The minimum atomic E-state index is -4.07. The van der Waals surface area contributed by atoms with Gasteiger partial charge in [-0.3, -0.25) is 0 Å². The summed E-state index contributed by atoms with van der Waals surface area (Å²) in [5, 5.41) is 0.645. The standard InChI is InChI=1S/C32H27NO7S/c1-20-9-15-25(16-10-20)41(36,37)33-30(23-7-5-4-6-8-23)32(35)39-28-18-17-26-27(19-29(34)40-31(26)21(28)2)22-11-13-24(38-3)14-12-22/h4-19,30,33H,1-3H3/t30-/m0/s1. The molecule has 5 aromatic rings. The Hall–Kier alpha value is -4.73. The summed E-state index contributed by atoms with van der Waals surface area (Å²) in [4.78, 5) is 26.1. The molecular formula is C32H27NO7S. The van der Waals surface area contributed by atoms with Gasteiger partial charge in [0.05, 0.1) is 12.0 Å². The van der Waals surface area contributed by atoms with Crippen LogP contribution in [0.1, 0.15) is 22.7 Å². The van der Waals surface area contributed by atoms with Gasteiger partial charge in [-0.2, -0.15) is 4.72 Å². The molecule has 0 spiro atoms. The third kappa shape index (κ3) is 5.91. The first-order valence-electron chi connectivity index (χ1n) is 12.7. The topological polar surface area (TPSA) is 112 Å². The summed E-state index contributed by atoms with van der Waals surface area (Å²) in [5.41, 5.74) is 2.83. The van der Waals surface area contributed by atoms with Gasteiger partial charge in [-0.15, -0.1) is 0 Å². The van der Waals surface area contributed by atoms with Crippen molar-refractivity contribution in [2.45, 2.75) is 24.8 Å². The number of benzene rings is 4. The van der Waals surface area contributed by atoms with Gasteiger partial charge in [0.1, 0.15) is 23.1 Å². The van der Waals surface area contributed by atoms with Crippen molar-refractivity contribution in [2.24, 2.45) is 0 Å². The van der Waals surface area contributed by atoms with Crippen LogP contribution in [0.25, 0.3) is 22.1 Å². The van der Waals surface area contributed by atoms with Crippen LogP contribution in [0.4, 0.5) is 0 Å². The average Bonchev–Trinajstić information content (AvgIpc) is 2.98. The predicted molar refractivity (Wildman–Crippen MR) is 156 cm³/mol. The van der Waals surface area contributed by atoms with Crippen molar-refractivity contribution in [2.75, 3.05) is 7.11 Å². The molecule has 0 aliphatic rings. The quantitative estimate of drug-likeness (QED) is 0.145. The molecule has 0 unspecified atom stereocenters. The Morgan fingerprint density at radius 3 is 2.22 bits per heavy atom. The van der Waals surface area contributed by atoms with E-state index in [0.717, 1.165) is 11.1 Å². The Labute approximate surface area is 237 Å². The lowest BCUT2D eigenvalue weighted by atomic mass is 10.00. The second-order valence-corrected chi connectivity index (χ2v) is 11.2. The zero-order valence-corrected chi connectivity index (χ0v) is 23.4. The Balaban J connectivity index is 1.51. The largest absolute Gasteiger partial charge is 0.497 e. The van der Waals surface area contributed by atoms with Crippen molar-refractivity contribution in [3.05, 3.63) is 124 Å². The number of nitrogens with one attached hydrogen (secondary N) is 1. The lowest BCUT2D eigenvalue weighted by molar-refractivity contribution is -0.136. The summed E-state index contributed by atoms with van der Waals surface area (Å²) in [6.45, 7) is 3.52. The van der Waals surface area contributed by atoms with E-state index in [1.165, 1.54) is 18.2 Å². The monoisotopic (exact) mass is 569 g/mol. The molecule has 1 aromatic heterocycles. The highest BCUT2D eigenvalue weighted by Crippen LogP contribution is 2.34. The molecule has 1 N–H and O–H groups in total. The minimum Gasteiger partial charge on any atom is -0.497 e. The summed E-state index contributed by atoms with van der Waals surface area (Å²) in [6.07, 6.45) is 0. The van der Waals surface area contributed by atoms with Gasteiger partial charge in [0.15, 0.2) is 0 Å². The van der Waals surface area contributed by atoms with Crippen LogP contribution in [0, 0.1) is 13.8 Å². The lowest BCUT2D eigenvalue weighted by Gasteiger charge is -2.19. The Bertz CT molecular complexity index is 1880. The molecule has 5 rings (SSSR count). The first-order valence-corrected chi connectivity index (χ1v) is 14.2. The molecule has 208 valence electrons. The van der Waals surface area contributed by atoms with Crippen molar-refractivity contribution in [3.63, 3.8) is 0 Å². The zero-order valence-electron chi connectivity index (χ0n) is 22.6. The molecule has 0 bridgehead atoms. The summed E-state index contributed by atoms with van der Waals surface area (Å²) < 4.78 is 45.4. The normalized spacial score (nSPS) is 12.2. The van der Waals surface area contributed by atoms with Gasteiger partial charge in [0, 0.05) is 17.0 Å². The highest BCUT2D eigenvalue weighted by atomic mass is 32.2. The van der Waals surface area contributed by atoms with E-state index in [0.29, 0.717) is 27.8 Å². The zero-order chi connectivity index (χ0) is 29.1. The molecular weight excluding hydrogens is 542 g/mol. The minimum absolute atomic E-state index is 0.0200. The summed E-state index contributed by atoms with van der Waals surface area (Å²) in [5.74, 6) is -0.0339. The number of carbonyl (C=O) groups excluding carboxylic acids is 1. The summed E-state index contributed by atoms with van der Waals surface area (Å²) in [6, 6.07) is 25.3. The number of ether oxygens (including phenoxy) is 2. The van der Waals surface area contributed by atoms with E-state index in [4.69, 9.17) is 13.9 Å². The van der Waals surface area contributed by atoms with Gasteiger partial charge in [0.25, 0.3) is 0 Å². The van der Waals surface area contributed by atoms with Crippen LogP contribution in [-0.4, -0.2) is 21.5 Å². The SMILES string of the molecule is COc1ccc(-c2cc(=O)oc3c(C)c(OC(=O)[C@@H](NS(=O)(=O)c4ccc(C)cc4)c4ccccc4)ccc23)cc1. The maximum Gasteiger partial charge on any atom is 0.336 e. The molecule has 0 fully saturated rings. The molecule has 0 saturated heterocycles. The molecule has 41 heavy (non-hydrogen) atoms. The molecule has 0 amide bonds. The number of aryl methyl sites for hydroxylation is 2. The van der Waals surface area contributed by atoms with Crippen molar-refractivity contribution in [1.29, 1.82) is 0 Å². The fraction of sp³-hybridized carbons (Fsp3) is 0.125. The Morgan fingerprint density at radius 1 is 0.878 bits per heavy atom. The highest BCUT2D eigenvalue weighted by Gasteiger charge is 2.29. The van der Waals surface area contributed by atoms with E-state index in [2.05, 4.69) is 4.72 Å². The van der Waals surface area contributed by atoms with E-state index in [1.807, 2.05) is 19.1 Å². The van der Waals surface area contributed by atoms with Gasteiger partial charge in [-0.1, -0.05) is 60.2 Å². The van der Waals surface area contributed by atoms with Crippen LogP contribution in [0.5, 0.6) is 11.5 Å². The molecule has 0 aliphatic heterocycles. The van der Waals surface area contributed by atoms with Crippen molar-refractivity contribution < 1.29 is 27.1 Å². The molecule has 0 radical (unpaired) electrons. The highest BCUT2D eigenvalue weighted by molar-refractivity contribution is 7.89. The van der Waals surface area contributed by atoms with Crippen LogP contribution in [0.2, 0.25) is 0 Å². The predicted octanol–water partition coefficient (Wildman–Crippen LogP) is 5.71. The number of rotatable bonds is 8. The lowest BCUT2D eigenvalue weighted by Crippen LogP contribution is -2.36. The number of sulfonamides is 1. The molecule has 4 aromatic carbocycles. The number of hydrogen-bond donors (Lipinski definition) is 1. The second kappa shape index (κ2) is 11.4. The third-order valence-electron chi connectivity index (χ3n) is 6.70. The van der Waals surface area contributed by atoms with Crippen LogP contribution in [-0.2, 0) is 14.8 Å². The molecule has 0 aliphatic carbocycles. The van der Waals surface area contributed by atoms with E-state index in [9.17, 15) is 18.0 Å². The smallest absolute Gasteiger partial charge is 0.336 e. The van der Waals surface area contributed by atoms with Gasteiger partial charge < -0.3 is 13.9 Å². The second-order valence-electron chi connectivity index (χ2n) is 9.47. The number of esters is 1. The fourth-order valence-corrected chi connectivity index (χ4v) is 5.64. The molecule has 1 heterocycles. The van der Waals surface area contributed by atoms with Crippen LogP contribution in [0.3, 0.4) is 0 Å². The first kappa shape index (κ1) is 27.8. The summed E-state index contributed by atoms with van der Waals surface area (Å²) >= 11 is 0. The van der Waals surface area contributed by atoms with Crippen molar-refractivity contribution in [1.82, 2.24) is 4.72 Å². The van der Waals surface area contributed by atoms with E-state index >= 15 is 0 Å². The number of hydrogen-bond acceptors (Lipinski definition) is 7. The van der Waals surface area contributed by atoms with E-state index in [1.54, 1.807) is 80.8 Å². The van der Waals surface area contributed by atoms with E-state index in [-0.39, 0.29) is 16.2 Å².